The first-order valence-corrected chi connectivity index (χ1v) is 8.72. The summed E-state index contributed by atoms with van der Waals surface area (Å²) in [5.74, 6) is -0.560. The summed E-state index contributed by atoms with van der Waals surface area (Å²) in [5, 5.41) is 18.8. The van der Waals surface area contributed by atoms with Crippen molar-refractivity contribution in [2.24, 2.45) is 0 Å². The molecule has 0 saturated carbocycles. The Morgan fingerprint density at radius 2 is 1.75 bits per heavy atom. The SMILES string of the molecule is CCC(=O)Nc1cccc(NC(=S)NC(=O)/C=C/c2ccc([N+](=O)[O-])cc2)c1. The molecule has 0 aliphatic carbocycles. The molecule has 0 aliphatic heterocycles. The molecule has 0 radical (unpaired) electrons. The zero-order chi connectivity index (χ0) is 20.5. The van der Waals surface area contributed by atoms with Gasteiger partial charge < -0.3 is 10.6 Å². The third-order valence-electron chi connectivity index (χ3n) is 3.49. The van der Waals surface area contributed by atoms with Crippen molar-refractivity contribution in [2.45, 2.75) is 13.3 Å². The number of non-ortho nitro benzene ring substituents is 1. The highest BCUT2D eigenvalue weighted by Crippen LogP contribution is 2.15. The van der Waals surface area contributed by atoms with Crippen LogP contribution >= 0.6 is 12.2 Å². The number of benzene rings is 2. The first kappa shape index (κ1) is 20.7. The molecule has 0 saturated heterocycles. The molecule has 3 N–H and O–H groups in total. The fraction of sp³-hybridized carbons (Fsp3) is 0.105. The minimum absolute atomic E-state index is 0.0238. The number of nitrogens with zero attached hydrogens (tertiary/aromatic N) is 1. The third kappa shape index (κ3) is 6.61. The molecule has 9 heteroatoms. The van der Waals surface area contributed by atoms with Crippen molar-refractivity contribution < 1.29 is 14.5 Å². The van der Waals surface area contributed by atoms with E-state index in [9.17, 15) is 19.7 Å². The number of carbonyl (C=O) groups is 2. The number of nitro groups is 1. The molecule has 0 spiro atoms. The van der Waals surface area contributed by atoms with Crippen molar-refractivity contribution in [1.82, 2.24) is 5.32 Å². The Kier molecular flexibility index (Phi) is 7.35. The number of amides is 2. The van der Waals surface area contributed by atoms with Gasteiger partial charge in [0.15, 0.2) is 5.11 Å². The van der Waals surface area contributed by atoms with Gasteiger partial charge in [-0.15, -0.1) is 0 Å². The quantitative estimate of drug-likeness (QED) is 0.297. The number of nitro benzene ring substituents is 1. The lowest BCUT2D eigenvalue weighted by atomic mass is 10.2. The number of rotatable bonds is 6. The highest BCUT2D eigenvalue weighted by Gasteiger charge is 2.05. The van der Waals surface area contributed by atoms with Gasteiger partial charge in [0.25, 0.3) is 5.69 Å². The van der Waals surface area contributed by atoms with E-state index in [-0.39, 0.29) is 16.7 Å². The van der Waals surface area contributed by atoms with Gasteiger partial charge in [-0.3, -0.25) is 25.0 Å². The first-order chi connectivity index (χ1) is 13.4. The van der Waals surface area contributed by atoms with Crippen LogP contribution in [0.5, 0.6) is 0 Å². The van der Waals surface area contributed by atoms with Crippen molar-refractivity contribution in [3.8, 4) is 0 Å². The van der Waals surface area contributed by atoms with Gasteiger partial charge in [-0.05, 0) is 54.2 Å². The zero-order valence-corrected chi connectivity index (χ0v) is 15.8. The monoisotopic (exact) mass is 398 g/mol. The van der Waals surface area contributed by atoms with Crippen molar-refractivity contribution in [3.05, 3.63) is 70.3 Å². The Balaban J connectivity index is 1.90. The summed E-state index contributed by atoms with van der Waals surface area (Å²) in [6.07, 6.45) is 3.16. The normalized spacial score (nSPS) is 10.3. The van der Waals surface area contributed by atoms with Crippen LogP contribution < -0.4 is 16.0 Å². The summed E-state index contributed by atoms with van der Waals surface area (Å²) in [7, 11) is 0. The zero-order valence-electron chi connectivity index (χ0n) is 15.0. The van der Waals surface area contributed by atoms with E-state index in [1.807, 2.05) is 0 Å². The number of hydrogen-bond acceptors (Lipinski definition) is 5. The number of carbonyl (C=O) groups excluding carboxylic acids is 2. The lowest BCUT2D eigenvalue weighted by Crippen LogP contribution is -2.32. The summed E-state index contributed by atoms with van der Waals surface area (Å²) in [6.45, 7) is 1.76. The van der Waals surface area contributed by atoms with E-state index in [0.717, 1.165) is 0 Å². The summed E-state index contributed by atoms with van der Waals surface area (Å²) in [4.78, 5) is 33.5. The van der Waals surface area contributed by atoms with Gasteiger partial charge >= 0.3 is 0 Å². The molecule has 2 rings (SSSR count). The predicted molar refractivity (Wildman–Crippen MR) is 112 cm³/mol. The maximum Gasteiger partial charge on any atom is 0.269 e. The molecule has 0 atom stereocenters. The van der Waals surface area contributed by atoms with Crippen LogP contribution in [0.15, 0.2) is 54.6 Å². The molecule has 2 aromatic rings. The van der Waals surface area contributed by atoms with Crippen LogP contribution in [0.2, 0.25) is 0 Å². The van der Waals surface area contributed by atoms with Gasteiger partial charge in [-0.2, -0.15) is 0 Å². The van der Waals surface area contributed by atoms with Crippen molar-refractivity contribution in [1.29, 1.82) is 0 Å². The van der Waals surface area contributed by atoms with E-state index in [4.69, 9.17) is 12.2 Å². The Hall–Kier alpha value is -3.59. The fourth-order valence-corrected chi connectivity index (χ4v) is 2.34. The minimum atomic E-state index is -0.493. The lowest BCUT2D eigenvalue weighted by molar-refractivity contribution is -0.384. The van der Waals surface area contributed by atoms with Gasteiger partial charge in [0.05, 0.1) is 4.92 Å². The van der Waals surface area contributed by atoms with Gasteiger partial charge in [0.1, 0.15) is 0 Å². The lowest BCUT2D eigenvalue weighted by Gasteiger charge is -2.10. The Morgan fingerprint density at radius 1 is 1.11 bits per heavy atom. The molecule has 0 heterocycles. The summed E-state index contributed by atoms with van der Waals surface area (Å²) in [6, 6.07) is 12.7. The molecule has 0 fully saturated rings. The van der Waals surface area contributed by atoms with Crippen LogP contribution in [0.4, 0.5) is 17.1 Å². The maximum absolute atomic E-state index is 12.0. The standard InChI is InChI=1S/C19H18N4O4S/c1-2-17(24)20-14-4-3-5-15(12-14)21-19(28)22-18(25)11-8-13-6-9-16(10-7-13)23(26)27/h3-12H,2H2,1H3,(H,20,24)(H2,21,22,25,28)/b11-8+. The molecule has 144 valence electrons. The Labute approximate surface area is 166 Å². The van der Waals surface area contributed by atoms with E-state index in [1.54, 1.807) is 31.2 Å². The number of hydrogen-bond donors (Lipinski definition) is 3. The third-order valence-corrected chi connectivity index (χ3v) is 3.70. The average Bonchev–Trinajstić information content (AvgIpc) is 2.66. The molecule has 0 aliphatic rings. The van der Waals surface area contributed by atoms with Gasteiger partial charge in [-0.25, -0.2) is 0 Å². The van der Waals surface area contributed by atoms with Crippen LogP contribution in [0, 0.1) is 10.1 Å². The summed E-state index contributed by atoms with van der Waals surface area (Å²) >= 11 is 5.10. The highest BCUT2D eigenvalue weighted by molar-refractivity contribution is 7.80. The van der Waals surface area contributed by atoms with E-state index >= 15 is 0 Å². The summed E-state index contributed by atoms with van der Waals surface area (Å²) < 4.78 is 0. The van der Waals surface area contributed by atoms with Crippen LogP contribution in [-0.2, 0) is 9.59 Å². The van der Waals surface area contributed by atoms with Crippen LogP contribution in [0.25, 0.3) is 6.08 Å². The Bertz CT molecular complexity index is 926. The number of nitrogens with one attached hydrogen (secondary N) is 3. The smallest absolute Gasteiger partial charge is 0.269 e. The van der Waals surface area contributed by atoms with E-state index < -0.39 is 10.8 Å². The molecule has 28 heavy (non-hydrogen) atoms. The topological polar surface area (TPSA) is 113 Å². The largest absolute Gasteiger partial charge is 0.332 e. The second-order valence-corrected chi connectivity index (χ2v) is 6.02. The number of anilines is 2. The van der Waals surface area contributed by atoms with Gasteiger partial charge in [0.2, 0.25) is 11.8 Å². The van der Waals surface area contributed by atoms with Crippen molar-refractivity contribution in [2.75, 3.05) is 10.6 Å². The number of thiocarbonyl (C=S) groups is 1. The average molecular weight is 398 g/mol. The molecule has 8 nitrogen and oxygen atoms in total. The van der Waals surface area contributed by atoms with Crippen molar-refractivity contribution >= 4 is 52.3 Å². The van der Waals surface area contributed by atoms with Crippen molar-refractivity contribution in [3.63, 3.8) is 0 Å². The van der Waals surface area contributed by atoms with Crippen LogP contribution in [0.1, 0.15) is 18.9 Å². The molecule has 2 aromatic carbocycles. The second-order valence-electron chi connectivity index (χ2n) is 5.61. The highest BCUT2D eigenvalue weighted by atomic mass is 32.1. The molecule has 0 unspecified atom stereocenters. The molecular weight excluding hydrogens is 380 g/mol. The molecule has 0 bridgehead atoms. The van der Waals surface area contributed by atoms with Gasteiger partial charge in [0, 0.05) is 36.0 Å². The molecular formula is C19H18N4O4S. The first-order valence-electron chi connectivity index (χ1n) is 8.32. The summed E-state index contributed by atoms with van der Waals surface area (Å²) in [5.41, 5.74) is 1.84. The maximum atomic E-state index is 12.0. The van der Waals surface area contributed by atoms with E-state index in [0.29, 0.717) is 23.4 Å². The van der Waals surface area contributed by atoms with Crippen LogP contribution in [-0.4, -0.2) is 21.9 Å². The molecule has 0 aromatic heterocycles. The minimum Gasteiger partial charge on any atom is -0.332 e. The second kappa shape index (κ2) is 9.93. The van der Waals surface area contributed by atoms with E-state index in [1.165, 1.54) is 36.4 Å². The fourth-order valence-electron chi connectivity index (χ4n) is 2.12. The van der Waals surface area contributed by atoms with Crippen LogP contribution in [0.3, 0.4) is 0 Å². The molecule has 2 amide bonds. The van der Waals surface area contributed by atoms with Gasteiger partial charge in [-0.1, -0.05) is 13.0 Å². The van der Waals surface area contributed by atoms with E-state index in [2.05, 4.69) is 16.0 Å². The Morgan fingerprint density at radius 3 is 2.36 bits per heavy atom. The predicted octanol–water partition coefficient (Wildman–Crippen LogP) is 3.47.